The second-order valence-corrected chi connectivity index (χ2v) is 2.47. The fourth-order valence-corrected chi connectivity index (χ4v) is 0.871. The first kappa shape index (κ1) is 10.7. The summed E-state index contributed by atoms with van der Waals surface area (Å²) in [6.45, 7) is 0.583. The topological polar surface area (TPSA) is 69.6 Å². The summed E-state index contributed by atoms with van der Waals surface area (Å²) in [4.78, 5) is 10.4. The lowest BCUT2D eigenvalue weighted by Gasteiger charge is -2.10. The van der Waals surface area contributed by atoms with Crippen molar-refractivity contribution in [3.63, 3.8) is 0 Å². The van der Waals surface area contributed by atoms with E-state index < -0.39 is 12.0 Å². The van der Waals surface area contributed by atoms with E-state index in [1.54, 1.807) is 0 Å². The molecule has 0 heterocycles. The molecule has 11 heavy (non-hydrogen) atoms. The molecule has 0 aromatic rings. The number of carboxylic acids is 1. The Morgan fingerprint density at radius 1 is 1.64 bits per heavy atom. The highest BCUT2D eigenvalue weighted by molar-refractivity contribution is 7.80. The largest absolute Gasteiger partial charge is 0.480 e. The van der Waals surface area contributed by atoms with Crippen LogP contribution >= 0.6 is 12.6 Å². The molecule has 4 nitrogen and oxygen atoms in total. The summed E-state index contributed by atoms with van der Waals surface area (Å²) in [5.41, 5.74) is 0. The lowest BCUT2D eigenvalue weighted by molar-refractivity contribution is -0.138. The van der Waals surface area contributed by atoms with Crippen LogP contribution in [-0.2, 0) is 4.79 Å². The van der Waals surface area contributed by atoms with Crippen molar-refractivity contribution in [3.8, 4) is 0 Å². The van der Waals surface area contributed by atoms with E-state index in [0.717, 1.165) is 0 Å². The molecule has 0 amide bonds. The molecule has 5 heteroatoms. The second kappa shape index (κ2) is 6.45. The van der Waals surface area contributed by atoms with E-state index in [1.165, 1.54) is 0 Å². The van der Waals surface area contributed by atoms with Gasteiger partial charge in [0.15, 0.2) is 0 Å². The first-order chi connectivity index (χ1) is 5.22. The van der Waals surface area contributed by atoms with Crippen LogP contribution in [0.15, 0.2) is 0 Å². The predicted octanol–water partition coefficient (Wildman–Crippen LogP) is -0.659. The first-order valence-corrected chi connectivity index (χ1v) is 4.03. The van der Waals surface area contributed by atoms with Crippen LogP contribution in [0.3, 0.4) is 0 Å². The number of carboxylic acid groups (broad SMARTS) is 1. The molecule has 0 aromatic heterocycles. The van der Waals surface area contributed by atoms with Gasteiger partial charge in [0.2, 0.25) is 0 Å². The highest BCUT2D eigenvalue weighted by Gasteiger charge is 2.12. The van der Waals surface area contributed by atoms with Gasteiger partial charge in [0.25, 0.3) is 0 Å². The Labute approximate surface area is 71.0 Å². The van der Waals surface area contributed by atoms with Gasteiger partial charge in [-0.25, -0.2) is 0 Å². The molecule has 66 valence electrons. The van der Waals surface area contributed by atoms with Crippen molar-refractivity contribution in [3.05, 3.63) is 0 Å². The minimum absolute atomic E-state index is 0.0753. The molecule has 0 aromatic carbocycles. The molecule has 3 N–H and O–H groups in total. The Bertz CT molecular complexity index is 120. The smallest absolute Gasteiger partial charge is 0.321 e. The minimum Gasteiger partial charge on any atom is -0.480 e. The van der Waals surface area contributed by atoms with E-state index in [0.29, 0.717) is 13.0 Å². The van der Waals surface area contributed by atoms with Gasteiger partial charge >= 0.3 is 5.97 Å². The lowest BCUT2D eigenvalue weighted by atomic mass is 10.3. The van der Waals surface area contributed by atoms with E-state index in [4.69, 9.17) is 10.2 Å². The van der Waals surface area contributed by atoms with Gasteiger partial charge in [-0.1, -0.05) is 0 Å². The SMILES string of the molecule is O=C(O)C(CS)NCCCO. The number of rotatable bonds is 6. The highest BCUT2D eigenvalue weighted by Crippen LogP contribution is 1.88. The number of aliphatic hydroxyl groups is 1. The van der Waals surface area contributed by atoms with Crippen LogP contribution in [0, 0.1) is 0 Å². The summed E-state index contributed by atoms with van der Waals surface area (Å²) in [6.07, 6.45) is 0.567. The van der Waals surface area contributed by atoms with E-state index in [9.17, 15) is 4.79 Å². The molecule has 1 unspecified atom stereocenters. The summed E-state index contributed by atoms with van der Waals surface area (Å²) in [7, 11) is 0. The number of hydrogen-bond donors (Lipinski definition) is 4. The van der Waals surface area contributed by atoms with Crippen LogP contribution in [0.1, 0.15) is 6.42 Å². The van der Waals surface area contributed by atoms with Gasteiger partial charge in [0, 0.05) is 12.4 Å². The zero-order valence-electron chi connectivity index (χ0n) is 6.16. The quantitative estimate of drug-likeness (QED) is 0.323. The molecule has 0 spiro atoms. The highest BCUT2D eigenvalue weighted by atomic mass is 32.1. The zero-order valence-corrected chi connectivity index (χ0v) is 7.05. The Morgan fingerprint density at radius 2 is 2.27 bits per heavy atom. The predicted molar refractivity (Wildman–Crippen MR) is 45.0 cm³/mol. The molecule has 0 bridgehead atoms. The van der Waals surface area contributed by atoms with Crippen molar-refractivity contribution in [2.45, 2.75) is 12.5 Å². The van der Waals surface area contributed by atoms with Crippen molar-refractivity contribution in [2.24, 2.45) is 0 Å². The third-order valence-electron chi connectivity index (χ3n) is 1.21. The Balaban J connectivity index is 3.44. The van der Waals surface area contributed by atoms with Crippen molar-refractivity contribution in [2.75, 3.05) is 18.9 Å². The van der Waals surface area contributed by atoms with E-state index in [-0.39, 0.29) is 12.4 Å². The number of hydrogen-bond acceptors (Lipinski definition) is 4. The zero-order chi connectivity index (χ0) is 8.69. The van der Waals surface area contributed by atoms with Gasteiger partial charge in [-0.15, -0.1) is 0 Å². The van der Waals surface area contributed by atoms with Gasteiger partial charge < -0.3 is 15.5 Å². The molecule has 0 aliphatic heterocycles. The van der Waals surface area contributed by atoms with Gasteiger partial charge in [-0.05, 0) is 13.0 Å². The Morgan fingerprint density at radius 3 is 2.64 bits per heavy atom. The first-order valence-electron chi connectivity index (χ1n) is 3.40. The summed E-state index contributed by atoms with van der Waals surface area (Å²) in [5, 5.41) is 19.6. The van der Waals surface area contributed by atoms with Crippen molar-refractivity contribution in [1.29, 1.82) is 0 Å². The average Bonchev–Trinajstić information content (AvgIpc) is 1.97. The molecule has 0 radical (unpaired) electrons. The van der Waals surface area contributed by atoms with E-state index >= 15 is 0 Å². The molecular weight excluding hydrogens is 166 g/mol. The monoisotopic (exact) mass is 179 g/mol. The third-order valence-corrected chi connectivity index (χ3v) is 1.57. The molecule has 0 rings (SSSR count). The number of carbonyl (C=O) groups is 1. The lowest BCUT2D eigenvalue weighted by Crippen LogP contribution is -2.38. The van der Waals surface area contributed by atoms with E-state index in [1.807, 2.05) is 0 Å². The van der Waals surface area contributed by atoms with Crippen molar-refractivity contribution in [1.82, 2.24) is 5.32 Å². The Kier molecular flexibility index (Phi) is 6.30. The molecule has 1 atom stereocenters. The third kappa shape index (κ3) is 5.06. The number of aliphatic hydroxyl groups excluding tert-OH is 1. The van der Waals surface area contributed by atoms with Gasteiger partial charge in [0.05, 0.1) is 0 Å². The number of nitrogens with one attached hydrogen (secondary N) is 1. The van der Waals surface area contributed by atoms with Crippen LogP contribution in [-0.4, -0.2) is 41.1 Å². The van der Waals surface area contributed by atoms with Gasteiger partial charge in [-0.3, -0.25) is 4.79 Å². The average molecular weight is 179 g/mol. The van der Waals surface area contributed by atoms with Crippen LogP contribution in [0.25, 0.3) is 0 Å². The second-order valence-electron chi connectivity index (χ2n) is 2.10. The van der Waals surface area contributed by atoms with Crippen LogP contribution < -0.4 is 5.32 Å². The number of aliphatic carboxylic acids is 1. The molecule has 0 saturated carbocycles. The molecule has 0 fully saturated rings. The summed E-state index contributed by atoms with van der Waals surface area (Å²) < 4.78 is 0. The summed E-state index contributed by atoms with van der Waals surface area (Å²) in [5.74, 6) is -0.640. The summed E-state index contributed by atoms with van der Waals surface area (Å²) >= 11 is 3.85. The minimum atomic E-state index is -0.905. The Hall–Kier alpha value is -0.260. The van der Waals surface area contributed by atoms with Gasteiger partial charge in [0.1, 0.15) is 6.04 Å². The van der Waals surface area contributed by atoms with Gasteiger partial charge in [-0.2, -0.15) is 12.6 Å². The maximum absolute atomic E-state index is 10.4. The fraction of sp³-hybridized carbons (Fsp3) is 0.833. The van der Waals surface area contributed by atoms with Crippen LogP contribution in [0.4, 0.5) is 0 Å². The molecular formula is C6H13NO3S. The van der Waals surface area contributed by atoms with Crippen molar-refractivity contribution >= 4 is 18.6 Å². The molecule has 0 saturated heterocycles. The van der Waals surface area contributed by atoms with Crippen LogP contribution in [0.2, 0.25) is 0 Å². The maximum atomic E-state index is 10.4. The van der Waals surface area contributed by atoms with E-state index in [2.05, 4.69) is 17.9 Å². The number of thiol groups is 1. The normalized spacial score (nSPS) is 12.9. The molecule has 0 aliphatic carbocycles. The van der Waals surface area contributed by atoms with Crippen LogP contribution in [0.5, 0.6) is 0 Å². The summed E-state index contributed by atoms with van der Waals surface area (Å²) in [6, 6.07) is -0.607. The standard InChI is InChI=1S/C6H13NO3S/c8-3-1-2-7-5(4-11)6(9)10/h5,7-8,11H,1-4H2,(H,9,10). The van der Waals surface area contributed by atoms with Crippen molar-refractivity contribution < 1.29 is 15.0 Å². The fourth-order valence-electron chi connectivity index (χ4n) is 0.585. The maximum Gasteiger partial charge on any atom is 0.321 e. The molecule has 0 aliphatic rings.